The number of nitrogens with zero attached hydrogens (tertiary/aromatic N) is 3. The van der Waals surface area contributed by atoms with Gasteiger partial charge >= 0.3 is 0 Å². The zero-order valence-corrected chi connectivity index (χ0v) is 16.9. The Bertz CT molecular complexity index is 960. The van der Waals surface area contributed by atoms with E-state index in [0.717, 1.165) is 5.56 Å². The first-order valence-corrected chi connectivity index (χ1v) is 9.20. The van der Waals surface area contributed by atoms with Crippen LogP contribution in [0.3, 0.4) is 0 Å². The molecule has 0 radical (unpaired) electrons. The molecule has 10 heteroatoms. The summed E-state index contributed by atoms with van der Waals surface area (Å²) in [5, 5.41) is 12.4. The minimum absolute atomic E-state index is 0.288. The lowest BCUT2D eigenvalue weighted by Gasteiger charge is -2.10. The zero-order chi connectivity index (χ0) is 18.7. The lowest BCUT2D eigenvalue weighted by Crippen LogP contribution is -2.20. The Labute approximate surface area is 175 Å². The second kappa shape index (κ2) is 8.41. The summed E-state index contributed by atoms with van der Waals surface area (Å²) in [6.45, 7) is 0.449. The molecule has 5 nitrogen and oxygen atoms in total. The fraction of sp³-hybridized carbons (Fsp3) is 0.0625. The third-order valence-electron chi connectivity index (χ3n) is 3.31. The number of hydrogen-bond acceptors (Lipinski definition) is 3. The van der Waals surface area contributed by atoms with E-state index in [4.69, 9.17) is 58.6 Å². The molecule has 0 aliphatic carbocycles. The van der Waals surface area contributed by atoms with E-state index in [1.54, 1.807) is 41.3 Å². The number of anilines is 2. The van der Waals surface area contributed by atoms with Crippen molar-refractivity contribution >= 4 is 75.4 Å². The third-order valence-corrected chi connectivity index (χ3v) is 4.92. The van der Waals surface area contributed by atoms with Gasteiger partial charge in [0.1, 0.15) is 6.33 Å². The van der Waals surface area contributed by atoms with Crippen molar-refractivity contribution in [2.75, 3.05) is 10.6 Å². The van der Waals surface area contributed by atoms with Crippen LogP contribution in [0.15, 0.2) is 42.7 Å². The first-order chi connectivity index (χ1) is 12.4. The van der Waals surface area contributed by atoms with Gasteiger partial charge in [0, 0.05) is 10.0 Å². The molecule has 0 saturated heterocycles. The highest BCUT2D eigenvalue weighted by Crippen LogP contribution is 2.29. The number of halogens is 4. The molecule has 2 aromatic carbocycles. The predicted molar refractivity (Wildman–Crippen MR) is 112 cm³/mol. The van der Waals surface area contributed by atoms with Crippen LogP contribution in [0, 0.1) is 0 Å². The normalized spacial score (nSPS) is 10.6. The Morgan fingerprint density at radius 3 is 2.62 bits per heavy atom. The van der Waals surface area contributed by atoms with Gasteiger partial charge in [0.25, 0.3) is 0 Å². The van der Waals surface area contributed by atoms with E-state index in [9.17, 15) is 0 Å². The number of benzene rings is 2. The monoisotopic (exact) mass is 445 g/mol. The summed E-state index contributed by atoms with van der Waals surface area (Å²) < 4.78 is 1.63. The van der Waals surface area contributed by atoms with Crippen LogP contribution in [0.4, 0.5) is 11.6 Å². The van der Waals surface area contributed by atoms with E-state index in [1.165, 1.54) is 0 Å². The standard InChI is InChI=1S/C16H11Cl4N5S/c17-10-5-4-9(12(19)6-10)7-25-8-21-15(24-25)23-16(26)22-13-3-1-2-11(18)14(13)20/h1-6,8H,7H2,(H2,22,23,24,26). The minimum atomic E-state index is 0.288. The predicted octanol–water partition coefficient (Wildman–Crippen LogP) is 5.75. The van der Waals surface area contributed by atoms with Crippen molar-refractivity contribution in [2.24, 2.45) is 0 Å². The van der Waals surface area contributed by atoms with Crippen LogP contribution in [0.2, 0.25) is 20.1 Å². The first-order valence-electron chi connectivity index (χ1n) is 7.28. The SMILES string of the molecule is S=C(Nc1ncn(Cc2ccc(Cl)cc2Cl)n1)Nc1cccc(Cl)c1Cl. The zero-order valence-electron chi connectivity index (χ0n) is 13.0. The van der Waals surface area contributed by atoms with Crippen molar-refractivity contribution in [2.45, 2.75) is 6.54 Å². The van der Waals surface area contributed by atoms with E-state index in [1.807, 2.05) is 6.07 Å². The van der Waals surface area contributed by atoms with Crippen molar-refractivity contribution in [3.05, 3.63) is 68.4 Å². The molecule has 1 heterocycles. The van der Waals surface area contributed by atoms with Crippen molar-refractivity contribution in [3.8, 4) is 0 Å². The molecule has 0 bridgehead atoms. The molecule has 0 fully saturated rings. The van der Waals surface area contributed by atoms with Gasteiger partial charge in [-0.05, 0) is 42.0 Å². The molecule has 0 unspecified atom stereocenters. The molecule has 3 rings (SSSR count). The molecule has 26 heavy (non-hydrogen) atoms. The Morgan fingerprint density at radius 2 is 1.85 bits per heavy atom. The Hall–Kier alpha value is -1.57. The minimum Gasteiger partial charge on any atom is -0.331 e. The smallest absolute Gasteiger partial charge is 0.248 e. The van der Waals surface area contributed by atoms with E-state index in [2.05, 4.69) is 20.7 Å². The Balaban J connectivity index is 1.64. The second-order valence-electron chi connectivity index (χ2n) is 5.18. The molecular weight excluding hydrogens is 436 g/mol. The van der Waals surface area contributed by atoms with Gasteiger partial charge in [0.2, 0.25) is 5.95 Å². The Morgan fingerprint density at radius 1 is 1.04 bits per heavy atom. The molecule has 0 spiro atoms. The van der Waals surface area contributed by atoms with Crippen LogP contribution in [-0.4, -0.2) is 19.9 Å². The molecule has 0 amide bonds. The van der Waals surface area contributed by atoms with Gasteiger partial charge in [0.05, 0.1) is 22.3 Å². The maximum atomic E-state index is 6.17. The summed E-state index contributed by atoms with van der Waals surface area (Å²) in [4.78, 5) is 4.17. The van der Waals surface area contributed by atoms with Crippen molar-refractivity contribution in [1.82, 2.24) is 14.8 Å². The topological polar surface area (TPSA) is 54.8 Å². The van der Waals surface area contributed by atoms with Crippen molar-refractivity contribution in [1.29, 1.82) is 0 Å². The van der Waals surface area contributed by atoms with Crippen LogP contribution in [0.5, 0.6) is 0 Å². The van der Waals surface area contributed by atoms with Gasteiger partial charge < -0.3 is 5.32 Å². The molecule has 0 aliphatic heterocycles. The highest BCUT2D eigenvalue weighted by molar-refractivity contribution is 7.80. The van der Waals surface area contributed by atoms with Gasteiger partial charge in [-0.1, -0.05) is 58.5 Å². The first kappa shape index (κ1) is 19.2. The van der Waals surface area contributed by atoms with Crippen molar-refractivity contribution < 1.29 is 0 Å². The fourth-order valence-corrected chi connectivity index (χ4v) is 3.13. The molecule has 0 atom stereocenters. The van der Waals surface area contributed by atoms with Gasteiger partial charge in [-0.3, -0.25) is 5.32 Å². The maximum Gasteiger partial charge on any atom is 0.248 e. The van der Waals surface area contributed by atoms with Crippen LogP contribution < -0.4 is 10.6 Å². The lowest BCUT2D eigenvalue weighted by molar-refractivity contribution is 0.687. The van der Waals surface area contributed by atoms with Crippen molar-refractivity contribution in [3.63, 3.8) is 0 Å². The maximum absolute atomic E-state index is 6.17. The molecule has 134 valence electrons. The van der Waals surface area contributed by atoms with E-state index in [0.29, 0.717) is 38.3 Å². The molecule has 3 aromatic rings. The fourth-order valence-electron chi connectivity index (χ4n) is 2.11. The molecule has 0 aliphatic rings. The van der Waals surface area contributed by atoms with Crippen LogP contribution in [0.25, 0.3) is 0 Å². The number of rotatable bonds is 4. The summed E-state index contributed by atoms with van der Waals surface area (Å²) in [6, 6.07) is 10.5. The second-order valence-corrected chi connectivity index (χ2v) is 7.22. The third kappa shape index (κ3) is 4.78. The summed E-state index contributed by atoms with van der Waals surface area (Å²) in [7, 11) is 0. The number of thiocarbonyl (C=S) groups is 1. The summed E-state index contributed by atoms with van der Waals surface area (Å²) in [5.41, 5.74) is 1.46. The lowest BCUT2D eigenvalue weighted by atomic mass is 10.2. The molecular formula is C16H11Cl4N5S. The van der Waals surface area contributed by atoms with Gasteiger partial charge in [-0.25, -0.2) is 9.67 Å². The van der Waals surface area contributed by atoms with Gasteiger partial charge in [-0.2, -0.15) is 0 Å². The van der Waals surface area contributed by atoms with Crippen LogP contribution in [0.1, 0.15) is 5.56 Å². The number of aromatic nitrogens is 3. The molecule has 0 saturated carbocycles. The summed E-state index contributed by atoms with van der Waals surface area (Å²) in [5.74, 6) is 0.339. The molecule has 1 aromatic heterocycles. The quantitative estimate of drug-likeness (QED) is 0.499. The van der Waals surface area contributed by atoms with Crippen LogP contribution >= 0.6 is 58.6 Å². The largest absolute Gasteiger partial charge is 0.331 e. The number of hydrogen-bond donors (Lipinski definition) is 2. The summed E-state index contributed by atoms with van der Waals surface area (Å²) in [6.07, 6.45) is 1.57. The number of nitrogens with one attached hydrogen (secondary N) is 2. The van der Waals surface area contributed by atoms with E-state index >= 15 is 0 Å². The average molecular weight is 447 g/mol. The Kier molecular flexibility index (Phi) is 6.21. The highest BCUT2D eigenvalue weighted by Gasteiger charge is 2.09. The van der Waals surface area contributed by atoms with Gasteiger partial charge in [-0.15, -0.1) is 5.10 Å². The van der Waals surface area contributed by atoms with E-state index < -0.39 is 0 Å². The molecule has 2 N–H and O–H groups in total. The van der Waals surface area contributed by atoms with E-state index in [-0.39, 0.29) is 5.11 Å². The highest BCUT2D eigenvalue weighted by atomic mass is 35.5. The van der Waals surface area contributed by atoms with Crippen LogP contribution in [-0.2, 0) is 6.54 Å². The average Bonchev–Trinajstić information content (AvgIpc) is 3.01. The van der Waals surface area contributed by atoms with Gasteiger partial charge in [0.15, 0.2) is 5.11 Å². The summed E-state index contributed by atoms with van der Waals surface area (Å²) >= 11 is 29.4.